The van der Waals surface area contributed by atoms with Gasteiger partial charge in [-0.25, -0.2) is 0 Å². The number of hydrogen-bond acceptors (Lipinski definition) is 3. The van der Waals surface area contributed by atoms with E-state index in [9.17, 15) is 5.11 Å². The Kier molecular flexibility index (Phi) is 3.13. The molecule has 15 heavy (non-hydrogen) atoms. The Morgan fingerprint density at radius 1 is 1.73 bits per heavy atom. The molecular formula is C10H16BrN3O. The highest BCUT2D eigenvalue weighted by molar-refractivity contribution is 9.10. The van der Waals surface area contributed by atoms with Crippen molar-refractivity contribution in [2.24, 2.45) is 0 Å². The largest absolute Gasteiger partial charge is 0.394 e. The predicted molar refractivity (Wildman–Crippen MR) is 61.6 cm³/mol. The van der Waals surface area contributed by atoms with Crippen LogP contribution in [0.2, 0.25) is 0 Å². The average molecular weight is 274 g/mol. The molecule has 84 valence electrons. The van der Waals surface area contributed by atoms with Crippen LogP contribution in [0.3, 0.4) is 0 Å². The highest BCUT2D eigenvalue weighted by atomic mass is 79.9. The van der Waals surface area contributed by atoms with Crippen LogP contribution in [0.15, 0.2) is 16.9 Å². The summed E-state index contributed by atoms with van der Waals surface area (Å²) < 4.78 is 2.81. The zero-order valence-electron chi connectivity index (χ0n) is 8.78. The fraction of sp³-hybridized carbons (Fsp3) is 0.700. The molecule has 5 heteroatoms. The van der Waals surface area contributed by atoms with Gasteiger partial charge in [-0.2, -0.15) is 5.10 Å². The van der Waals surface area contributed by atoms with Gasteiger partial charge in [-0.1, -0.05) is 0 Å². The minimum atomic E-state index is -0.271. The molecule has 1 atom stereocenters. The molecule has 1 aromatic heterocycles. The van der Waals surface area contributed by atoms with Gasteiger partial charge in [-0.3, -0.25) is 4.68 Å². The lowest BCUT2D eigenvalue weighted by Crippen LogP contribution is -2.50. The van der Waals surface area contributed by atoms with E-state index in [1.165, 1.54) is 12.8 Å². The Labute approximate surface area is 97.8 Å². The van der Waals surface area contributed by atoms with Gasteiger partial charge >= 0.3 is 0 Å². The van der Waals surface area contributed by atoms with Gasteiger partial charge in [0.05, 0.1) is 29.4 Å². The molecule has 1 aliphatic rings. The number of rotatable bonds is 5. The van der Waals surface area contributed by atoms with Gasteiger partial charge in [0, 0.05) is 12.2 Å². The molecule has 1 aliphatic carbocycles. The Morgan fingerprint density at radius 3 is 2.93 bits per heavy atom. The monoisotopic (exact) mass is 273 g/mol. The first-order valence-corrected chi connectivity index (χ1v) is 5.97. The summed E-state index contributed by atoms with van der Waals surface area (Å²) in [7, 11) is 0. The number of aromatic nitrogens is 2. The second kappa shape index (κ2) is 4.23. The lowest BCUT2D eigenvalue weighted by molar-refractivity contribution is 0.151. The van der Waals surface area contributed by atoms with Crippen molar-refractivity contribution >= 4 is 15.9 Å². The van der Waals surface area contributed by atoms with E-state index >= 15 is 0 Å². The molecule has 2 N–H and O–H groups in total. The second-order valence-electron chi connectivity index (χ2n) is 4.49. The minimum Gasteiger partial charge on any atom is -0.394 e. The Morgan fingerprint density at radius 2 is 2.47 bits per heavy atom. The minimum absolute atomic E-state index is 0.126. The maximum Gasteiger partial charge on any atom is 0.0632 e. The van der Waals surface area contributed by atoms with E-state index in [-0.39, 0.29) is 12.1 Å². The summed E-state index contributed by atoms with van der Waals surface area (Å²) in [6, 6.07) is 0.584. The van der Waals surface area contributed by atoms with Crippen LogP contribution in [0.4, 0.5) is 0 Å². The van der Waals surface area contributed by atoms with Gasteiger partial charge in [0.15, 0.2) is 0 Å². The van der Waals surface area contributed by atoms with E-state index in [0.717, 1.165) is 4.47 Å². The SMILES string of the molecule is CC(CO)(Cn1cc(Br)cn1)NC1CC1. The van der Waals surface area contributed by atoms with E-state index in [1.54, 1.807) is 6.20 Å². The summed E-state index contributed by atoms with van der Waals surface area (Å²) >= 11 is 3.36. The molecular weight excluding hydrogens is 258 g/mol. The number of nitrogens with zero attached hydrogens (tertiary/aromatic N) is 2. The van der Waals surface area contributed by atoms with Gasteiger partial charge in [0.25, 0.3) is 0 Å². The first-order valence-electron chi connectivity index (χ1n) is 5.18. The van der Waals surface area contributed by atoms with Crippen LogP contribution in [-0.4, -0.2) is 33.1 Å². The summed E-state index contributed by atoms with van der Waals surface area (Å²) in [6.07, 6.45) is 6.12. The number of halogens is 1. The summed E-state index contributed by atoms with van der Waals surface area (Å²) in [6.45, 7) is 2.84. The fourth-order valence-electron chi connectivity index (χ4n) is 1.64. The van der Waals surface area contributed by atoms with Crippen molar-refractivity contribution in [1.29, 1.82) is 0 Å². The van der Waals surface area contributed by atoms with Crippen LogP contribution < -0.4 is 5.32 Å². The zero-order valence-corrected chi connectivity index (χ0v) is 10.4. The standard InChI is InChI=1S/C10H16BrN3O/c1-10(7-15,13-9-2-3-9)6-14-5-8(11)4-12-14/h4-5,9,13,15H,2-3,6-7H2,1H3. The quantitative estimate of drug-likeness (QED) is 0.846. The summed E-state index contributed by atoms with van der Waals surface area (Å²) in [5.41, 5.74) is -0.271. The maximum atomic E-state index is 9.41. The van der Waals surface area contributed by atoms with E-state index < -0.39 is 0 Å². The highest BCUT2D eigenvalue weighted by Crippen LogP contribution is 2.23. The van der Waals surface area contributed by atoms with Gasteiger partial charge < -0.3 is 10.4 Å². The molecule has 0 spiro atoms. The Bertz CT molecular complexity index is 337. The lowest BCUT2D eigenvalue weighted by Gasteiger charge is -2.28. The molecule has 0 bridgehead atoms. The van der Waals surface area contributed by atoms with Gasteiger partial charge in [0.1, 0.15) is 0 Å². The smallest absolute Gasteiger partial charge is 0.0632 e. The summed E-state index contributed by atoms with van der Waals surface area (Å²) in [4.78, 5) is 0. The maximum absolute atomic E-state index is 9.41. The fourth-order valence-corrected chi connectivity index (χ4v) is 1.97. The average Bonchev–Trinajstić information content (AvgIpc) is 2.90. The molecule has 1 saturated carbocycles. The van der Waals surface area contributed by atoms with Crippen molar-refractivity contribution < 1.29 is 5.11 Å². The van der Waals surface area contributed by atoms with E-state index in [1.807, 2.05) is 17.8 Å². The van der Waals surface area contributed by atoms with Crippen molar-refractivity contribution in [2.75, 3.05) is 6.61 Å². The third-order valence-corrected chi connectivity index (χ3v) is 3.00. The molecule has 0 radical (unpaired) electrons. The molecule has 1 heterocycles. The topological polar surface area (TPSA) is 50.1 Å². The number of nitrogens with one attached hydrogen (secondary N) is 1. The van der Waals surface area contributed by atoms with Crippen molar-refractivity contribution in [1.82, 2.24) is 15.1 Å². The van der Waals surface area contributed by atoms with Crippen molar-refractivity contribution in [2.45, 2.75) is 37.9 Å². The van der Waals surface area contributed by atoms with Crippen LogP contribution in [-0.2, 0) is 6.54 Å². The second-order valence-corrected chi connectivity index (χ2v) is 5.41. The molecule has 0 aromatic carbocycles. The van der Waals surface area contributed by atoms with Crippen LogP contribution in [0, 0.1) is 0 Å². The summed E-state index contributed by atoms with van der Waals surface area (Å²) in [5.74, 6) is 0. The van der Waals surface area contributed by atoms with Crippen LogP contribution in [0.5, 0.6) is 0 Å². The van der Waals surface area contributed by atoms with Crippen LogP contribution >= 0.6 is 15.9 Å². The third-order valence-electron chi connectivity index (χ3n) is 2.59. The van der Waals surface area contributed by atoms with Crippen LogP contribution in [0.1, 0.15) is 19.8 Å². The predicted octanol–water partition coefficient (Wildman–Crippen LogP) is 1.15. The molecule has 0 amide bonds. The molecule has 1 fully saturated rings. The molecule has 0 aliphatic heterocycles. The van der Waals surface area contributed by atoms with Gasteiger partial charge in [0.2, 0.25) is 0 Å². The van der Waals surface area contributed by atoms with Gasteiger partial charge in [-0.05, 0) is 35.7 Å². The van der Waals surface area contributed by atoms with E-state index in [4.69, 9.17) is 0 Å². The van der Waals surface area contributed by atoms with Crippen molar-refractivity contribution in [3.8, 4) is 0 Å². The van der Waals surface area contributed by atoms with Crippen LogP contribution in [0.25, 0.3) is 0 Å². The highest BCUT2D eigenvalue weighted by Gasteiger charge is 2.32. The van der Waals surface area contributed by atoms with Crippen molar-refractivity contribution in [3.05, 3.63) is 16.9 Å². The molecule has 1 aromatic rings. The Balaban J connectivity index is 1.99. The molecule has 1 unspecified atom stereocenters. The zero-order chi connectivity index (χ0) is 10.9. The first kappa shape index (κ1) is 11.1. The number of aliphatic hydroxyl groups is 1. The Hall–Kier alpha value is -0.390. The molecule has 4 nitrogen and oxygen atoms in total. The third kappa shape index (κ3) is 3.03. The number of aliphatic hydroxyl groups excluding tert-OH is 1. The normalized spacial score (nSPS) is 20.2. The van der Waals surface area contributed by atoms with Gasteiger partial charge in [-0.15, -0.1) is 0 Å². The van der Waals surface area contributed by atoms with Crippen molar-refractivity contribution in [3.63, 3.8) is 0 Å². The van der Waals surface area contributed by atoms with E-state index in [0.29, 0.717) is 12.6 Å². The first-order chi connectivity index (χ1) is 7.11. The molecule has 2 rings (SSSR count). The summed E-state index contributed by atoms with van der Waals surface area (Å²) in [5, 5.41) is 17.1. The molecule has 0 saturated heterocycles. The number of hydrogen-bond donors (Lipinski definition) is 2. The lowest BCUT2D eigenvalue weighted by atomic mass is 10.0. The van der Waals surface area contributed by atoms with E-state index in [2.05, 4.69) is 26.3 Å².